The maximum atomic E-state index is 4.98. The Hall–Kier alpha value is -2.47. The Labute approximate surface area is 221 Å². The van der Waals surface area contributed by atoms with Crippen molar-refractivity contribution in [2.45, 2.75) is 80.2 Å². The van der Waals surface area contributed by atoms with Crippen LogP contribution in [0.25, 0.3) is 0 Å². The molecule has 0 radical (unpaired) electrons. The summed E-state index contributed by atoms with van der Waals surface area (Å²) in [4.78, 5) is 13.5. The van der Waals surface area contributed by atoms with E-state index in [0.717, 1.165) is 53.9 Å². The summed E-state index contributed by atoms with van der Waals surface area (Å²) in [7, 11) is 0. The molecule has 1 N–H and O–H groups in total. The van der Waals surface area contributed by atoms with Crippen LogP contribution in [0.1, 0.15) is 78.4 Å². The number of nitrogens with zero attached hydrogens (tertiary/aromatic N) is 3. The number of unbranched alkanes of at least 4 members (excludes halogenated alkanes) is 1. The molecule has 192 valence electrons. The van der Waals surface area contributed by atoms with Crippen LogP contribution in [0, 0.1) is 5.92 Å². The van der Waals surface area contributed by atoms with Crippen LogP contribution in [-0.2, 0) is 13.0 Å². The zero-order chi connectivity index (χ0) is 25.9. The van der Waals surface area contributed by atoms with E-state index in [-0.39, 0.29) is 0 Å². The number of aromatic nitrogens is 1. The standard InChI is InChI=1S/C23H35BrN4.C6H8O/c1-6-9-12-21(7-2)23(28-19(5)22(24)17-25-8-3)14-18(4)27-16-20-11-10-13-26-15-20;1-2-6-3-4-7-5-6/h10-11,13-15,17,21,27H,6-9,12,16H2,1-5H3;3-5H,2H2,1H3/b18-14+,22-19-,25-17?,28-23+;. The number of halogens is 1. The first-order valence-corrected chi connectivity index (χ1v) is 13.5. The summed E-state index contributed by atoms with van der Waals surface area (Å²) in [6.07, 6.45) is 16.9. The summed E-state index contributed by atoms with van der Waals surface area (Å²) in [5.41, 5.74) is 5.63. The molecular formula is C29H43BrN4O. The quantitative estimate of drug-likeness (QED) is 0.259. The van der Waals surface area contributed by atoms with Crippen LogP contribution >= 0.6 is 15.9 Å². The van der Waals surface area contributed by atoms with Gasteiger partial charge >= 0.3 is 0 Å². The molecule has 1 unspecified atom stereocenters. The zero-order valence-electron chi connectivity index (χ0n) is 22.4. The van der Waals surface area contributed by atoms with Gasteiger partial charge < -0.3 is 9.73 Å². The molecule has 0 aliphatic rings. The lowest BCUT2D eigenvalue weighted by molar-refractivity contribution is 0.564. The van der Waals surface area contributed by atoms with Gasteiger partial charge in [0, 0.05) is 49.0 Å². The van der Waals surface area contributed by atoms with Crippen molar-refractivity contribution < 1.29 is 4.42 Å². The van der Waals surface area contributed by atoms with Crippen LogP contribution in [0.2, 0.25) is 0 Å². The lowest BCUT2D eigenvalue weighted by atomic mass is 9.93. The van der Waals surface area contributed by atoms with Crippen LogP contribution in [-0.4, -0.2) is 23.5 Å². The Morgan fingerprint density at radius 2 is 1.97 bits per heavy atom. The molecule has 0 saturated heterocycles. The Morgan fingerprint density at radius 3 is 2.51 bits per heavy atom. The predicted octanol–water partition coefficient (Wildman–Crippen LogP) is 8.29. The third-order valence-electron chi connectivity index (χ3n) is 5.49. The van der Waals surface area contributed by atoms with Crippen molar-refractivity contribution in [1.29, 1.82) is 0 Å². The van der Waals surface area contributed by atoms with E-state index in [1.165, 1.54) is 24.0 Å². The molecule has 6 heteroatoms. The van der Waals surface area contributed by atoms with Crippen molar-refractivity contribution in [2.75, 3.05) is 6.54 Å². The lowest BCUT2D eigenvalue weighted by Crippen LogP contribution is -2.17. The second-order valence-corrected chi connectivity index (χ2v) is 9.23. The van der Waals surface area contributed by atoms with Gasteiger partial charge in [0.05, 0.1) is 22.7 Å². The van der Waals surface area contributed by atoms with Crippen LogP contribution in [0.3, 0.4) is 0 Å². The van der Waals surface area contributed by atoms with Gasteiger partial charge in [-0.05, 0) is 85.3 Å². The molecule has 1 atom stereocenters. The number of rotatable bonds is 13. The number of hydrogen-bond acceptors (Lipinski definition) is 5. The molecule has 2 rings (SSSR count). The van der Waals surface area contributed by atoms with Gasteiger partial charge in [0.1, 0.15) is 0 Å². The van der Waals surface area contributed by atoms with Gasteiger partial charge in [0.25, 0.3) is 0 Å². The normalized spacial score (nSPS) is 13.8. The summed E-state index contributed by atoms with van der Waals surface area (Å²) in [5, 5.41) is 3.49. The van der Waals surface area contributed by atoms with Gasteiger partial charge in [0.2, 0.25) is 0 Å². The van der Waals surface area contributed by atoms with Crippen molar-refractivity contribution >= 4 is 27.9 Å². The van der Waals surface area contributed by atoms with Crippen molar-refractivity contribution in [3.63, 3.8) is 0 Å². The number of allylic oxidation sites excluding steroid dienone is 4. The fraction of sp³-hybridized carbons (Fsp3) is 0.483. The molecular weight excluding hydrogens is 500 g/mol. The first-order valence-electron chi connectivity index (χ1n) is 12.7. The second-order valence-electron chi connectivity index (χ2n) is 8.37. The molecule has 0 aliphatic heterocycles. The van der Waals surface area contributed by atoms with Crippen molar-refractivity contribution in [3.05, 3.63) is 76.2 Å². The Bertz CT molecular complexity index is 931. The van der Waals surface area contributed by atoms with E-state index in [0.29, 0.717) is 5.92 Å². The first-order chi connectivity index (χ1) is 16.9. The van der Waals surface area contributed by atoms with Gasteiger partial charge in [-0.15, -0.1) is 0 Å². The van der Waals surface area contributed by atoms with Crippen LogP contribution in [0.5, 0.6) is 0 Å². The third kappa shape index (κ3) is 13.3. The molecule has 35 heavy (non-hydrogen) atoms. The molecule has 0 spiro atoms. The minimum atomic E-state index is 0.452. The average Bonchev–Trinajstić information content (AvgIpc) is 3.41. The number of hydrogen-bond donors (Lipinski definition) is 1. The minimum Gasteiger partial charge on any atom is -0.472 e. The van der Waals surface area contributed by atoms with E-state index in [1.807, 2.05) is 38.4 Å². The summed E-state index contributed by atoms with van der Waals surface area (Å²) < 4.78 is 5.74. The zero-order valence-corrected chi connectivity index (χ0v) is 23.9. The highest BCUT2D eigenvalue weighted by Gasteiger charge is 2.13. The number of pyridine rings is 1. The number of aliphatic imine (C=N–C) groups is 2. The number of nitrogens with one attached hydrogen (secondary N) is 1. The molecule has 0 aromatic carbocycles. The number of furan rings is 1. The van der Waals surface area contributed by atoms with Crippen LogP contribution in [0.15, 0.2) is 79.5 Å². The Morgan fingerprint density at radius 1 is 1.17 bits per heavy atom. The first kappa shape index (κ1) is 30.6. The monoisotopic (exact) mass is 542 g/mol. The molecule has 2 aromatic heterocycles. The minimum absolute atomic E-state index is 0.452. The SMILES string of the molecule is CCCCC(CC)C(/C=C(\C)NCc1cccnc1)=N/C(C)=C(\Br)C=NCC.CCc1ccoc1. The Balaban J connectivity index is 0.000000744. The van der Waals surface area contributed by atoms with E-state index in [1.54, 1.807) is 18.7 Å². The maximum Gasteiger partial charge on any atom is 0.0934 e. The average molecular weight is 544 g/mol. The van der Waals surface area contributed by atoms with Gasteiger partial charge in [-0.1, -0.05) is 39.7 Å². The van der Waals surface area contributed by atoms with Gasteiger partial charge in [-0.3, -0.25) is 15.0 Å². The fourth-order valence-electron chi connectivity index (χ4n) is 3.28. The highest BCUT2D eigenvalue weighted by Crippen LogP contribution is 2.20. The molecule has 0 saturated carbocycles. The topological polar surface area (TPSA) is 62.8 Å². The van der Waals surface area contributed by atoms with Crippen molar-refractivity contribution in [2.24, 2.45) is 15.9 Å². The summed E-state index contributed by atoms with van der Waals surface area (Å²) in [6, 6.07) is 6.01. The number of aryl methyl sites for hydroxylation is 1. The van der Waals surface area contributed by atoms with Crippen LogP contribution < -0.4 is 5.32 Å². The second kappa shape index (κ2) is 18.8. The van der Waals surface area contributed by atoms with E-state index < -0.39 is 0 Å². The van der Waals surface area contributed by atoms with Crippen molar-refractivity contribution in [1.82, 2.24) is 10.3 Å². The van der Waals surface area contributed by atoms with Gasteiger partial charge in [-0.25, -0.2) is 0 Å². The van der Waals surface area contributed by atoms with E-state index >= 15 is 0 Å². The smallest absolute Gasteiger partial charge is 0.0934 e. The molecule has 0 bridgehead atoms. The highest BCUT2D eigenvalue weighted by atomic mass is 79.9. The van der Waals surface area contributed by atoms with E-state index in [9.17, 15) is 0 Å². The maximum absolute atomic E-state index is 4.98. The van der Waals surface area contributed by atoms with Crippen molar-refractivity contribution in [3.8, 4) is 0 Å². The molecule has 0 amide bonds. The van der Waals surface area contributed by atoms with E-state index in [4.69, 9.17) is 9.41 Å². The molecule has 5 nitrogen and oxygen atoms in total. The van der Waals surface area contributed by atoms with Gasteiger partial charge in [0.15, 0.2) is 0 Å². The molecule has 0 aliphatic carbocycles. The highest BCUT2D eigenvalue weighted by molar-refractivity contribution is 9.12. The molecule has 0 fully saturated rings. The molecule has 2 heterocycles. The summed E-state index contributed by atoms with van der Waals surface area (Å²) in [5.74, 6) is 0.452. The van der Waals surface area contributed by atoms with E-state index in [2.05, 4.69) is 71.1 Å². The predicted molar refractivity (Wildman–Crippen MR) is 154 cm³/mol. The third-order valence-corrected chi connectivity index (χ3v) is 6.27. The van der Waals surface area contributed by atoms with Gasteiger partial charge in [-0.2, -0.15) is 0 Å². The summed E-state index contributed by atoms with van der Waals surface area (Å²) >= 11 is 3.60. The fourth-order valence-corrected chi connectivity index (χ4v) is 3.51. The largest absolute Gasteiger partial charge is 0.472 e. The lowest BCUT2D eigenvalue weighted by Gasteiger charge is -2.17. The Kier molecular flexibility index (Phi) is 16.4. The summed E-state index contributed by atoms with van der Waals surface area (Å²) in [6.45, 7) is 14.3. The van der Waals surface area contributed by atoms with Crippen LogP contribution in [0.4, 0.5) is 0 Å². The molecule has 2 aromatic rings.